The lowest BCUT2D eigenvalue weighted by molar-refractivity contribution is 0.00578. The van der Waals surface area contributed by atoms with E-state index in [0.717, 1.165) is 60.0 Å². The number of piperidine rings is 1. The van der Waals surface area contributed by atoms with E-state index in [2.05, 4.69) is 87.3 Å². The van der Waals surface area contributed by atoms with E-state index in [1.807, 2.05) is 25.7 Å². The van der Waals surface area contributed by atoms with Gasteiger partial charge in [-0.2, -0.15) is 0 Å². The zero-order valence-corrected chi connectivity index (χ0v) is 28.1. The van der Waals surface area contributed by atoms with Gasteiger partial charge < -0.3 is 19.0 Å². The molecule has 3 aromatic carbocycles. The van der Waals surface area contributed by atoms with E-state index >= 15 is 0 Å². The molecule has 4 aliphatic rings. The molecule has 1 saturated carbocycles. The molecule has 238 valence electrons. The van der Waals surface area contributed by atoms with E-state index in [9.17, 15) is 4.79 Å². The molecule has 2 aliphatic heterocycles. The van der Waals surface area contributed by atoms with Crippen LogP contribution in [0.4, 0.5) is 4.79 Å². The summed E-state index contributed by atoms with van der Waals surface area (Å²) in [5, 5.41) is 0. The maximum absolute atomic E-state index is 13.3. The standard InChI is InChI=1S/C38H44BN3O4/c1-36(2,3)44-35(43)42-28-14-10-26(20-28)33(42)34-40-31-17-12-23(21-32(31)41-34)22-11-15-29-24(18-22)8-9-25-19-27(13-16-30(25)29)39-45-37(4,5)38(6,7)46-39/h11-13,15-19,21,26,28,33H,8-10,14,20H2,1-7H3,(H,40,41). The predicted octanol–water partition coefficient (Wildman–Crippen LogP) is 7.76. The molecule has 3 atom stereocenters. The number of ether oxygens (including phenoxy) is 1. The topological polar surface area (TPSA) is 76.7 Å². The number of carbonyl (C=O) groups is 1. The molecular formula is C38H44BN3O4. The Bertz CT molecular complexity index is 1860. The number of aryl methyl sites for hydroxylation is 2. The van der Waals surface area contributed by atoms with E-state index in [-0.39, 0.29) is 36.5 Å². The van der Waals surface area contributed by atoms with E-state index in [4.69, 9.17) is 19.0 Å². The highest BCUT2D eigenvalue weighted by molar-refractivity contribution is 6.62. The van der Waals surface area contributed by atoms with Gasteiger partial charge in [0.15, 0.2) is 0 Å². The number of fused-ring (bicyclic) bond motifs is 6. The Labute approximate surface area is 272 Å². The molecule has 3 heterocycles. The lowest BCUT2D eigenvalue weighted by Gasteiger charge is -2.35. The molecule has 1 aromatic heterocycles. The number of H-pyrrole nitrogens is 1. The first-order valence-corrected chi connectivity index (χ1v) is 16.9. The Morgan fingerprint density at radius 2 is 1.57 bits per heavy atom. The molecule has 7 nitrogen and oxygen atoms in total. The average molecular weight is 618 g/mol. The molecular weight excluding hydrogens is 573 g/mol. The molecule has 46 heavy (non-hydrogen) atoms. The number of rotatable bonds is 3. The number of benzene rings is 3. The summed E-state index contributed by atoms with van der Waals surface area (Å²) in [5.41, 5.74) is 9.44. The van der Waals surface area contributed by atoms with Gasteiger partial charge in [0.25, 0.3) is 0 Å². The molecule has 0 radical (unpaired) electrons. The monoisotopic (exact) mass is 617 g/mol. The van der Waals surface area contributed by atoms with Gasteiger partial charge in [0.05, 0.1) is 28.3 Å². The first kappa shape index (κ1) is 29.8. The van der Waals surface area contributed by atoms with Gasteiger partial charge >= 0.3 is 13.2 Å². The predicted molar refractivity (Wildman–Crippen MR) is 182 cm³/mol. The minimum atomic E-state index is -0.527. The van der Waals surface area contributed by atoms with Gasteiger partial charge in [-0.3, -0.25) is 4.90 Å². The van der Waals surface area contributed by atoms with Crippen LogP contribution in [0.1, 0.15) is 90.7 Å². The number of aromatic nitrogens is 2. The van der Waals surface area contributed by atoms with Gasteiger partial charge in [0.1, 0.15) is 11.4 Å². The third-order valence-electron chi connectivity index (χ3n) is 11.0. The van der Waals surface area contributed by atoms with Crippen LogP contribution >= 0.6 is 0 Å². The fourth-order valence-corrected chi connectivity index (χ4v) is 7.99. The molecule has 2 aliphatic carbocycles. The molecule has 8 rings (SSSR count). The summed E-state index contributed by atoms with van der Waals surface area (Å²) in [6, 6.07) is 20.1. The van der Waals surface area contributed by atoms with Gasteiger partial charge in [0, 0.05) is 6.04 Å². The van der Waals surface area contributed by atoms with Crippen LogP contribution in [0.25, 0.3) is 33.3 Å². The van der Waals surface area contributed by atoms with Crippen LogP contribution in [0.3, 0.4) is 0 Å². The number of aromatic amines is 1. The Balaban J connectivity index is 1.05. The van der Waals surface area contributed by atoms with Crippen molar-refractivity contribution in [2.24, 2.45) is 5.92 Å². The Kier molecular flexibility index (Phi) is 6.59. The van der Waals surface area contributed by atoms with Crippen LogP contribution in [0, 0.1) is 5.92 Å². The number of hydrogen-bond donors (Lipinski definition) is 1. The summed E-state index contributed by atoms with van der Waals surface area (Å²) in [6.07, 6.45) is 4.92. The SMILES string of the molecule is CC(C)(C)OC(=O)N1C2CCC(C2)C1c1nc2ccc(-c3ccc4c(c3)CCc3cc(B5OC(C)(C)C(C)(C)O5)ccc3-4)cc2[nH]1. The molecule has 0 spiro atoms. The number of likely N-dealkylation sites (tertiary alicyclic amines) is 1. The van der Waals surface area contributed by atoms with E-state index in [1.54, 1.807) is 0 Å². The molecule has 8 heteroatoms. The van der Waals surface area contributed by atoms with Crippen LogP contribution in [0.2, 0.25) is 0 Å². The second-order valence-corrected chi connectivity index (χ2v) is 15.8. The zero-order valence-electron chi connectivity index (χ0n) is 28.1. The fourth-order valence-electron chi connectivity index (χ4n) is 7.99. The number of carbonyl (C=O) groups excluding carboxylic acids is 1. The van der Waals surface area contributed by atoms with E-state index in [1.165, 1.54) is 27.8 Å². The fraction of sp³-hybridized carbons (Fsp3) is 0.474. The lowest BCUT2D eigenvalue weighted by Crippen LogP contribution is -2.43. The largest absolute Gasteiger partial charge is 0.494 e. The van der Waals surface area contributed by atoms with Crippen molar-refractivity contribution in [2.45, 2.75) is 109 Å². The smallest absolute Gasteiger partial charge is 0.444 e. The van der Waals surface area contributed by atoms with Gasteiger partial charge in [-0.25, -0.2) is 9.78 Å². The van der Waals surface area contributed by atoms with Gasteiger partial charge in [0.2, 0.25) is 0 Å². The highest BCUT2D eigenvalue weighted by Crippen LogP contribution is 2.50. The second kappa shape index (κ2) is 10.2. The van der Waals surface area contributed by atoms with Crippen LogP contribution < -0.4 is 5.46 Å². The van der Waals surface area contributed by atoms with Gasteiger partial charge in [-0.05, 0) is 137 Å². The number of nitrogens with one attached hydrogen (secondary N) is 1. The van der Waals surface area contributed by atoms with E-state index < -0.39 is 5.60 Å². The number of imidazole rings is 1. The van der Waals surface area contributed by atoms with Crippen molar-refractivity contribution in [3.63, 3.8) is 0 Å². The Morgan fingerprint density at radius 3 is 2.28 bits per heavy atom. The van der Waals surface area contributed by atoms with Crippen molar-refractivity contribution < 1.29 is 18.8 Å². The first-order chi connectivity index (χ1) is 21.8. The van der Waals surface area contributed by atoms with Crippen molar-refractivity contribution in [2.75, 3.05) is 0 Å². The van der Waals surface area contributed by atoms with Crippen LogP contribution in [-0.2, 0) is 26.9 Å². The van der Waals surface area contributed by atoms with Crippen molar-refractivity contribution in [1.82, 2.24) is 14.9 Å². The normalized spacial score (nSPS) is 24.4. The van der Waals surface area contributed by atoms with Crippen molar-refractivity contribution >= 4 is 29.7 Å². The summed E-state index contributed by atoms with van der Waals surface area (Å²) >= 11 is 0. The Hall–Kier alpha value is -3.62. The van der Waals surface area contributed by atoms with Crippen molar-refractivity contribution in [1.29, 1.82) is 0 Å². The lowest BCUT2D eigenvalue weighted by atomic mass is 9.75. The average Bonchev–Trinajstić information content (AvgIpc) is 3.76. The maximum atomic E-state index is 13.3. The quantitative estimate of drug-likeness (QED) is 0.238. The van der Waals surface area contributed by atoms with Crippen LogP contribution in [0.5, 0.6) is 0 Å². The van der Waals surface area contributed by atoms with Crippen molar-refractivity contribution in [3.05, 3.63) is 71.5 Å². The minimum Gasteiger partial charge on any atom is -0.444 e. The van der Waals surface area contributed by atoms with Gasteiger partial charge in [-0.15, -0.1) is 0 Å². The zero-order chi connectivity index (χ0) is 32.2. The molecule has 4 aromatic rings. The molecule has 1 N–H and O–H groups in total. The number of hydrogen-bond acceptors (Lipinski definition) is 5. The molecule has 3 fully saturated rings. The molecule has 3 unspecified atom stereocenters. The first-order valence-electron chi connectivity index (χ1n) is 16.9. The summed E-state index contributed by atoms with van der Waals surface area (Å²) in [5.74, 6) is 1.28. The minimum absolute atomic E-state index is 0.0708. The molecule has 2 saturated heterocycles. The summed E-state index contributed by atoms with van der Waals surface area (Å²) in [7, 11) is -0.346. The second-order valence-electron chi connectivity index (χ2n) is 15.8. The van der Waals surface area contributed by atoms with Gasteiger partial charge in [-0.1, -0.05) is 42.5 Å². The third kappa shape index (κ3) is 4.87. The van der Waals surface area contributed by atoms with Crippen LogP contribution in [0.15, 0.2) is 54.6 Å². The summed E-state index contributed by atoms with van der Waals surface area (Å²) in [4.78, 5) is 23.8. The van der Waals surface area contributed by atoms with Crippen LogP contribution in [-0.4, -0.2) is 50.9 Å². The summed E-state index contributed by atoms with van der Waals surface area (Å²) < 4.78 is 18.5. The highest BCUT2D eigenvalue weighted by atomic mass is 16.7. The van der Waals surface area contributed by atoms with Crippen molar-refractivity contribution in [3.8, 4) is 22.3 Å². The number of amides is 1. The third-order valence-corrected chi connectivity index (χ3v) is 11.0. The Morgan fingerprint density at radius 1 is 0.913 bits per heavy atom. The van der Waals surface area contributed by atoms with E-state index in [0.29, 0.717) is 5.92 Å². The number of nitrogens with zero attached hydrogens (tertiary/aromatic N) is 2. The maximum Gasteiger partial charge on any atom is 0.494 e. The summed E-state index contributed by atoms with van der Waals surface area (Å²) in [6.45, 7) is 14.2. The molecule has 1 amide bonds. The molecule has 2 bridgehead atoms. The highest BCUT2D eigenvalue weighted by Gasteiger charge is 2.52.